The highest BCUT2D eigenvalue weighted by atomic mass is 16.5. The Labute approximate surface area is 135 Å². The van der Waals surface area contributed by atoms with E-state index in [1.807, 2.05) is 40.9 Å². The van der Waals surface area contributed by atoms with Crippen LogP contribution in [0.25, 0.3) is 5.65 Å². The van der Waals surface area contributed by atoms with Crippen LogP contribution in [0.5, 0.6) is 5.75 Å². The minimum absolute atomic E-state index is 0.273. The Morgan fingerprint density at radius 3 is 2.70 bits per heavy atom. The fourth-order valence-corrected chi connectivity index (χ4v) is 2.42. The zero-order valence-corrected chi connectivity index (χ0v) is 13.8. The lowest BCUT2D eigenvalue weighted by Gasteiger charge is -2.03. The SMILES string of the molecule is COc1cccc(N=Nc2c(C(C)C)nc3ccc(C)cn23)c1. The molecule has 0 aliphatic carbocycles. The number of aryl methyl sites for hydroxylation is 1. The predicted molar refractivity (Wildman–Crippen MR) is 91.2 cm³/mol. The molecule has 0 atom stereocenters. The smallest absolute Gasteiger partial charge is 0.183 e. The molecule has 0 bridgehead atoms. The van der Waals surface area contributed by atoms with Crippen LogP contribution in [0.1, 0.15) is 31.0 Å². The Hall–Kier alpha value is -2.69. The molecule has 0 unspecified atom stereocenters. The maximum atomic E-state index is 5.22. The van der Waals surface area contributed by atoms with Crippen molar-refractivity contribution in [3.05, 3.63) is 53.9 Å². The van der Waals surface area contributed by atoms with E-state index in [-0.39, 0.29) is 5.92 Å². The Kier molecular flexibility index (Phi) is 4.10. The average Bonchev–Trinajstić information content (AvgIpc) is 2.91. The summed E-state index contributed by atoms with van der Waals surface area (Å²) in [4.78, 5) is 4.68. The number of hydrogen-bond donors (Lipinski definition) is 0. The number of rotatable bonds is 4. The highest BCUT2D eigenvalue weighted by Crippen LogP contribution is 2.30. The Bertz CT molecular complexity index is 865. The Morgan fingerprint density at radius 1 is 1.13 bits per heavy atom. The number of methoxy groups -OCH3 is 1. The minimum atomic E-state index is 0.273. The summed E-state index contributed by atoms with van der Waals surface area (Å²) in [5.41, 5.74) is 3.74. The van der Waals surface area contributed by atoms with Gasteiger partial charge in [0.1, 0.15) is 11.4 Å². The second-order valence-electron chi connectivity index (χ2n) is 5.81. The summed E-state index contributed by atoms with van der Waals surface area (Å²) in [5.74, 6) is 1.82. The molecule has 2 aromatic heterocycles. The number of fused-ring (bicyclic) bond motifs is 1. The van der Waals surface area contributed by atoms with Crippen molar-refractivity contribution in [2.45, 2.75) is 26.7 Å². The summed E-state index contributed by atoms with van der Waals surface area (Å²) in [5, 5.41) is 8.84. The Morgan fingerprint density at radius 2 is 1.96 bits per heavy atom. The summed E-state index contributed by atoms with van der Waals surface area (Å²) >= 11 is 0. The number of pyridine rings is 1. The van der Waals surface area contributed by atoms with E-state index in [9.17, 15) is 0 Å². The van der Waals surface area contributed by atoms with Gasteiger partial charge in [-0.1, -0.05) is 26.0 Å². The van der Waals surface area contributed by atoms with Crippen LogP contribution in [0.4, 0.5) is 11.5 Å². The number of azo groups is 1. The molecule has 0 N–H and O–H groups in total. The quantitative estimate of drug-likeness (QED) is 0.623. The first-order valence-electron chi connectivity index (χ1n) is 7.63. The van der Waals surface area contributed by atoms with E-state index in [2.05, 4.69) is 42.1 Å². The van der Waals surface area contributed by atoms with Crippen LogP contribution in [0.2, 0.25) is 0 Å². The van der Waals surface area contributed by atoms with E-state index in [0.29, 0.717) is 0 Å². The van der Waals surface area contributed by atoms with Crippen molar-refractivity contribution in [2.75, 3.05) is 7.11 Å². The molecule has 0 radical (unpaired) electrons. The van der Waals surface area contributed by atoms with Gasteiger partial charge in [0.15, 0.2) is 5.82 Å². The molecule has 23 heavy (non-hydrogen) atoms. The fraction of sp³-hybridized carbons (Fsp3) is 0.278. The van der Waals surface area contributed by atoms with E-state index >= 15 is 0 Å². The van der Waals surface area contributed by atoms with Crippen molar-refractivity contribution >= 4 is 17.2 Å². The van der Waals surface area contributed by atoms with Gasteiger partial charge in [-0.05, 0) is 36.6 Å². The van der Waals surface area contributed by atoms with Gasteiger partial charge in [0.25, 0.3) is 0 Å². The molecule has 5 nitrogen and oxygen atoms in total. The zero-order chi connectivity index (χ0) is 16.4. The van der Waals surface area contributed by atoms with Crippen molar-refractivity contribution in [3.63, 3.8) is 0 Å². The summed E-state index contributed by atoms with van der Waals surface area (Å²) in [7, 11) is 1.64. The van der Waals surface area contributed by atoms with Crippen LogP contribution in [0, 0.1) is 6.92 Å². The summed E-state index contributed by atoms with van der Waals surface area (Å²) in [6.07, 6.45) is 2.04. The molecular formula is C18H20N4O. The molecular weight excluding hydrogens is 288 g/mol. The summed E-state index contributed by atoms with van der Waals surface area (Å²) < 4.78 is 7.21. The predicted octanol–water partition coefficient (Wildman–Crippen LogP) is 5.19. The molecule has 0 amide bonds. The third-order valence-corrected chi connectivity index (χ3v) is 3.63. The van der Waals surface area contributed by atoms with E-state index in [4.69, 9.17) is 4.74 Å². The third-order valence-electron chi connectivity index (χ3n) is 3.63. The highest BCUT2D eigenvalue weighted by molar-refractivity contribution is 5.54. The fourth-order valence-electron chi connectivity index (χ4n) is 2.42. The molecule has 3 aromatic rings. The lowest BCUT2D eigenvalue weighted by molar-refractivity contribution is 0.415. The van der Waals surface area contributed by atoms with E-state index in [1.165, 1.54) is 0 Å². The Balaban J connectivity index is 2.08. The number of imidazole rings is 1. The van der Waals surface area contributed by atoms with Crippen molar-refractivity contribution < 1.29 is 4.74 Å². The minimum Gasteiger partial charge on any atom is -0.497 e. The topological polar surface area (TPSA) is 51.2 Å². The monoisotopic (exact) mass is 308 g/mol. The lowest BCUT2D eigenvalue weighted by atomic mass is 10.1. The average molecular weight is 308 g/mol. The van der Waals surface area contributed by atoms with Crippen LogP contribution in [0.3, 0.4) is 0 Å². The highest BCUT2D eigenvalue weighted by Gasteiger charge is 2.15. The van der Waals surface area contributed by atoms with Gasteiger partial charge >= 0.3 is 0 Å². The molecule has 0 aliphatic heterocycles. The van der Waals surface area contributed by atoms with Gasteiger partial charge in [0.2, 0.25) is 0 Å². The number of aromatic nitrogens is 2. The van der Waals surface area contributed by atoms with Crippen molar-refractivity contribution in [1.82, 2.24) is 9.38 Å². The number of hydrogen-bond acceptors (Lipinski definition) is 4. The number of ether oxygens (including phenoxy) is 1. The van der Waals surface area contributed by atoms with Gasteiger partial charge < -0.3 is 4.74 Å². The van der Waals surface area contributed by atoms with Crippen molar-refractivity contribution in [2.24, 2.45) is 10.2 Å². The first kappa shape index (κ1) is 15.2. The maximum Gasteiger partial charge on any atom is 0.183 e. The zero-order valence-electron chi connectivity index (χ0n) is 13.8. The van der Waals surface area contributed by atoms with Gasteiger partial charge in [-0.25, -0.2) is 4.98 Å². The molecule has 3 rings (SSSR count). The molecule has 0 saturated carbocycles. The van der Waals surface area contributed by atoms with Crippen molar-refractivity contribution in [3.8, 4) is 5.75 Å². The van der Waals surface area contributed by atoms with Gasteiger partial charge in [-0.15, -0.1) is 10.2 Å². The third kappa shape index (κ3) is 3.08. The molecule has 0 saturated heterocycles. The first-order valence-corrected chi connectivity index (χ1v) is 7.63. The van der Waals surface area contributed by atoms with Crippen molar-refractivity contribution in [1.29, 1.82) is 0 Å². The summed E-state index contributed by atoms with van der Waals surface area (Å²) in [6.45, 7) is 6.27. The number of benzene rings is 1. The maximum absolute atomic E-state index is 5.22. The van der Waals surface area contributed by atoms with Gasteiger partial charge in [0, 0.05) is 12.3 Å². The molecule has 1 aromatic carbocycles. The van der Waals surface area contributed by atoms with Gasteiger partial charge in [-0.2, -0.15) is 0 Å². The molecule has 118 valence electrons. The second kappa shape index (κ2) is 6.20. The van der Waals surface area contributed by atoms with Crippen LogP contribution in [0.15, 0.2) is 52.8 Å². The van der Waals surface area contributed by atoms with Crippen LogP contribution >= 0.6 is 0 Å². The molecule has 2 heterocycles. The number of nitrogens with zero attached hydrogens (tertiary/aromatic N) is 4. The van der Waals surface area contributed by atoms with E-state index in [0.717, 1.165) is 34.2 Å². The molecule has 0 spiro atoms. The normalized spacial score (nSPS) is 11.7. The van der Waals surface area contributed by atoms with Gasteiger partial charge in [-0.3, -0.25) is 4.40 Å². The summed E-state index contributed by atoms with van der Waals surface area (Å²) in [6, 6.07) is 11.6. The lowest BCUT2D eigenvalue weighted by Crippen LogP contribution is -1.88. The largest absolute Gasteiger partial charge is 0.497 e. The van der Waals surface area contributed by atoms with Crippen LogP contribution in [-0.4, -0.2) is 16.5 Å². The van der Waals surface area contributed by atoms with E-state index < -0.39 is 0 Å². The van der Waals surface area contributed by atoms with E-state index in [1.54, 1.807) is 7.11 Å². The molecule has 0 aliphatic rings. The molecule has 5 heteroatoms. The van der Waals surface area contributed by atoms with Crippen LogP contribution in [-0.2, 0) is 0 Å². The first-order chi connectivity index (χ1) is 11.1. The molecule has 0 fully saturated rings. The second-order valence-corrected chi connectivity index (χ2v) is 5.81. The van der Waals surface area contributed by atoms with Crippen LogP contribution < -0.4 is 4.74 Å². The standard InChI is InChI=1S/C18H20N4O/c1-12(2)17-18(22-11-13(3)8-9-16(22)19-17)21-20-14-6-5-7-15(10-14)23-4/h5-12H,1-4H3. The van der Waals surface area contributed by atoms with Gasteiger partial charge in [0.05, 0.1) is 18.5 Å².